The number of amides is 1. The Labute approximate surface area is 129 Å². The van der Waals surface area contributed by atoms with Crippen LogP contribution in [0.3, 0.4) is 0 Å². The highest BCUT2D eigenvalue weighted by molar-refractivity contribution is 5.96. The maximum Gasteiger partial charge on any atom is 0.290 e. The molecule has 0 saturated carbocycles. The van der Waals surface area contributed by atoms with Gasteiger partial charge in [-0.3, -0.25) is 9.36 Å². The third kappa shape index (κ3) is 2.08. The number of aromatic nitrogens is 2. The molecule has 1 saturated heterocycles. The Morgan fingerprint density at radius 3 is 2.36 bits per heavy atom. The van der Waals surface area contributed by atoms with E-state index in [0.717, 1.165) is 42.7 Å². The Morgan fingerprint density at radius 2 is 1.59 bits per heavy atom. The Hall–Kier alpha value is -2.62. The lowest BCUT2D eigenvalue weighted by Crippen LogP contribution is -2.30. The minimum absolute atomic E-state index is 0.0255. The summed E-state index contributed by atoms with van der Waals surface area (Å²) in [7, 11) is 0. The zero-order chi connectivity index (χ0) is 14.9. The van der Waals surface area contributed by atoms with Crippen molar-refractivity contribution in [2.45, 2.75) is 12.8 Å². The van der Waals surface area contributed by atoms with Crippen molar-refractivity contribution in [2.24, 2.45) is 0 Å². The van der Waals surface area contributed by atoms with E-state index < -0.39 is 0 Å². The molecular weight excluding hydrogens is 274 g/mol. The number of carbonyl (C=O) groups excluding carboxylic acids is 1. The Balaban J connectivity index is 1.92. The molecule has 0 spiro atoms. The molecule has 22 heavy (non-hydrogen) atoms. The van der Waals surface area contributed by atoms with Gasteiger partial charge in [0.15, 0.2) is 0 Å². The molecule has 0 aliphatic carbocycles. The molecular formula is C18H17N3O. The van der Waals surface area contributed by atoms with Gasteiger partial charge in [0.25, 0.3) is 5.91 Å². The number of imidazole rings is 1. The minimum Gasteiger partial charge on any atom is -0.336 e. The Kier molecular flexibility index (Phi) is 3.15. The molecule has 2 aromatic carbocycles. The fraction of sp³-hybridized carbons (Fsp3) is 0.222. The molecule has 1 aromatic heterocycles. The highest BCUT2D eigenvalue weighted by atomic mass is 16.2. The van der Waals surface area contributed by atoms with Crippen LogP contribution in [0, 0.1) is 0 Å². The van der Waals surface area contributed by atoms with Gasteiger partial charge in [-0.1, -0.05) is 30.3 Å². The van der Waals surface area contributed by atoms with E-state index in [9.17, 15) is 4.79 Å². The number of nitrogens with zero attached hydrogens (tertiary/aromatic N) is 3. The van der Waals surface area contributed by atoms with Crippen LogP contribution in [0.4, 0.5) is 0 Å². The van der Waals surface area contributed by atoms with Crippen LogP contribution in [0.25, 0.3) is 16.7 Å². The first-order valence-corrected chi connectivity index (χ1v) is 7.67. The summed E-state index contributed by atoms with van der Waals surface area (Å²) in [6.07, 6.45) is 2.16. The van der Waals surface area contributed by atoms with Crippen LogP contribution in [0.5, 0.6) is 0 Å². The van der Waals surface area contributed by atoms with Crippen molar-refractivity contribution < 1.29 is 4.79 Å². The molecule has 0 N–H and O–H groups in total. The van der Waals surface area contributed by atoms with E-state index in [1.54, 1.807) is 0 Å². The summed E-state index contributed by atoms with van der Waals surface area (Å²) in [4.78, 5) is 19.4. The molecule has 1 fully saturated rings. The first-order valence-electron chi connectivity index (χ1n) is 7.67. The van der Waals surface area contributed by atoms with Gasteiger partial charge >= 0.3 is 0 Å². The molecule has 4 rings (SSSR count). The average Bonchev–Trinajstić information content (AvgIpc) is 3.22. The summed E-state index contributed by atoms with van der Waals surface area (Å²) in [6.45, 7) is 1.66. The van der Waals surface area contributed by atoms with Gasteiger partial charge in [-0.05, 0) is 37.1 Å². The van der Waals surface area contributed by atoms with Gasteiger partial charge in [0.05, 0.1) is 11.0 Å². The fourth-order valence-corrected chi connectivity index (χ4v) is 3.07. The molecule has 3 aromatic rings. The molecule has 0 bridgehead atoms. The zero-order valence-electron chi connectivity index (χ0n) is 12.3. The first kappa shape index (κ1) is 13.1. The zero-order valence-corrected chi connectivity index (χ0v) is 12.3. The predicted molar refractivity (Wildman–Crippen MR) is 86.2 cm³/mol. The van der Waals surface area contributed by atoms with Crippen LogP contribution in [0.2, 0.25) is 0 Å². The summed E-state index contributed by atoms with van der Waals surface area (Å²) in [6, 6.07) is 17.9. The van der Waals surface area contributed by atoms with Gasteiger partial charge in [-0.2, -0.15) is 0 Å². The number of rotatable bonds is 2. The number of likely N-dealkylation sites (tertiary alicyclic amines) is 1. The average molecular weight is 291 g/mol. The summed E-state index contributed by atoms with van der Waals surface area (Å²) >= 11 is 0. The molecule has 0 radical (unpaired) electrons. The van der Waals surface area contributed by atoms with Crippen LogP contribution in [-0.2, 0) is 0 Å². The first-order chi connectivity index (χ1) is 10.8. The Bertz CT molecular complexity index is 817. The van der Waals surface area contributed by atoms with Crippen molar-refractivity contribution in [1.29, 1.82) is 0 Å². The number of hydrogen-bond donors (Lipinski definition) is 0. The molecule has 2 heterocycles. The Morgan fingerprint density at radius 1 is 0.909 bits per heavy atom. The van der Waals surface area contributed by atoms with Crippen LogP contribution < -0.4 is 0 Å². The second-order valence-corrected chi connectivity index (χ2v) is 5.59. The number of hydrogen-bond acceptors (Lipinski definition) is 2. The summed E-state index contributed by atoms with van der Waals surface area (Å²) in [5.74, 6) is 0.534. The van der Waals surface area contributed by atoms with E-state index in [1.807, 2.05) is 64.1 Å². The number of carbonyl (C=O) groups is 1. The number of para-hydroxylation sites is 3. The van der Waals surface area contributed by atoms with E-state index in [2.05, 4.69) is 4.98 Å². The predicted octanol–water partition coefficient (Wildman–Crippen LogP) is 3.26. The van der Waals surface area contributed by atoms with E-state index in [0.29, 0.717) is 5.82 Å². The number of benzene rings is 2. The molecule has 110 valence electrons. The van der Waals surface area contributed by atoms with Crippen molar-refractivity contribution >= 4 is 16.9 Å². The van der Waals surface area contributed by atoms with E-state index in [1.165, 1.54) is 0 Å². The summed E-state index contributed by atoms with van der Waals surface area (Å²) in [5, 5.41) is 0. The van der Waals surface area contributed by atoms with Crippen LogP contribution in [0.15, 0.2) is 54.6 Å². The lowest BCUT2D eigenvalue weighted by Gasteiger charge is -2.16. The third-order valence-corrected chi connectivity index (χ3v) is 4.16. The lowest BCUT2D eigenvalue weighted by atomic mass is 10.3. The molecule has 0 atom stereocenters. The molecule has 1 aliphatic heterocycles. The van der Waals surface area contributed by atoms with E-state index in [4.69, 9.17) is 0 Å². The van der Waals surface area contributed by atoms with Crippen molar-refractivity contribution in [3.05, 3.63) is 60.4 Å². The second-order valence-electron chi connectivity index (χ2n) is 5.59. The van der Waals surface area contributed by atoms with Gasteiger partial charge in [0, 0.05) is 18.8 Å². The van der Waals surface area contributed by atoms with Crippen molar-refractivity contribution in [3.63, 3.8) is 0 Å². The monoisotopic (exact) mass is 291 g/mol. The lowest BCUT2D eigenvalue weighted by molar-refractivity contribution is 0.0779. The summed E-state index contributed by atoms with van der Waals surface area (Å²) < 4.78 is 1.97. The number of fused-ring (bicyclic) bond motifs is 1. The molecule has 0 unspecified atom stereocenters. The minimum atomic E-state index is 0.0255. The van der Waals surface area contributed by atoms with E-state index >= 15 is 0 Å². The third-order valence-electron chi connectivity index (χ3n) is 4.16. The van der Waals surface area contributed by atoms with Gasteiger partial charge in [-0.15, -0.1) is 0 Å². The van der Waals surface area contributed by atoms with Crippen LogP contribution in [0.1, 0.15) is 23.5 Å². The fourth-order valence-electron chi connectivity index (χ4n) is 3.07. The largest absolute Gasteiger partial charge is 0.336 e. The van der Waals surface area contributed by atoms with Crippen LogP contribution >= 0.6 is 0 Å². The molecule has 4 nitrogen and oxygen atoms in total. The summed E-state index contributed by atoms with van der Waals surface area (Å²) in [5.41, 5.74) is 2.80. The van der Waals surface area contributed by atoms with Gasteiger partial charge < -0.3 is 4.90 Å². The van der Waals surface area contributed by atoms with Crippen LogP contribution in [-0.4, -0.2) is 33.4 Å². The van der Waals surface area contributed by atoms with Crippen molar-refractivity contribution in [3.8, 4) is 5.69 Å². The maximum atomic E-state index is 12.9. The molecule has 1 amide bonds. The van der Waals surface area contributed by atoms with Gasteiger partial charge in [-0.25, -0.2) is 4.98 Å². The quantitative estimate of drug-likeness (QED) is 0.727. The second kappa shape index (κ2) is 5.30. The van der Waals surface area contributed by atoms with E-state index in [-0.39, 0.29) is 5.91 Å². The highest BCUT2D eigenvalue weighted by Gasteiger charge is 2.25. The normalized spacial score (nSPS) is 14.6. The van der Waals surface area contributed by atoms with Gasteiger partial charge in [0.2, 0.25) is 5.82 Å². The van der Waals surface area contributed by atoms with Crippen molar-refractivity contribution in [2.75, 3.05) is 13.1 Å². The topological polar surface area (TPSA) is 38.1 Å². The smallest absolute Gasteiger partial charge is 0.290 e. The maximum absolute atomic E-state index is 12.9. The standard InChI is InChI=1S/C18H17N3O/c22-18(20-12-6-7-13-20)17-19-15-10-4-5-11-16(15)21(17)14-8-2-1-3-9-14/h1-5,8-11H,6-7,12-13H2. The molecule has 4 heteroatoms. The highest BCUT2D eigenvalue weighted by Crippen LogP contribution is 2.23. The SMILES string of the molecule is O=C(c1nc2ccccc2n1-c1ccccc1)N1CCCC1. The van der Waals surface area contributed by atoms with Gasteiger partial charge in [0.1, 0.15) is 0 Å². The van der Waals surface area contributed by atoms with Crippen molar-refractivity contribution in [1.82, 2.24) is 14.5 Å². The molecule has 1 aliphatic rings.